The van der Waals surface area contributed by atoms with Gasteiger partial charge in [0.2, 0.25) is 0 Å². The van der Waals surface area contributed by atoms with E-state index < -0.39 is 5.60 Å². The molecule has 0 saturated carbocycles. The maximum atomic E-state index is 10.1. The van der Waals surface area contributed by atoms with Crippen LogP contribution in [0.5, 0.6) is 0 Å². The van der Waals surface area contributed by atoms with Crippen LogP contribution in [0.1, 0.15) is 51.9 Å². The van der Waals surface area contributed by atoms with Gasteiger partial charge >= 0.3 is 0 Å². The first kappa shape index (κ1) is 16.0. The van der Waals surface area contributed by atoms with Crippen LogP contribution >= 0.6 is 0 Å². The monoisotopic (exact) mass is 293 g/mol. The topological polar surface area (TPSA) is 87.3 Å². The zero-order chi connectivity index (χ0) is 15.8. The minimum absolute atomic E-state index is 0.144. The maximum Gasteiger partial charge on any atom is 0.148 e. The van der Waals surface area contributed by atoms with Gasteiger partial charge in [-0.3, -0.25) is 0 Å². The quantitative estimate of drug-likeness (QED) is 0.568. The number of aromatic nitrogens is 2. The molecule has 1 aliphatic heterocycles. The number of rotatable bonds is 2. The highest BCUT2D eigenvalue weighted by Crippen LogP contribution is 2.31. The summed E-state index contributed by atoms with van der Waals surface area (Å²) in [4.78, 5) is 11.5. The van der Waals surface area contributed by atoms with Gasteiger partial charge in [-0.2, -0.15) is 0 Å². The lowest BCUT2D eigenvalue weighted by molar-refractivity contribution is 0.0350. The molecular weight excluding hydrogens is 266 g/mol. The maximum absolute atomic E-state index is 10.1. The van der Waals surface area contributed by atoms with E-state index in [2.05, 4.69) is 36.1 Å². The second kappa shape index (κ2) is 5.42. The van der Waals surface area contributed by atoms with Gasteiger partial charge in [-0.05, 0) is 26.7 Å². The molecule has 2 rings (SSSR count). The zero-order valence-electron chi connectivity index (χ0n) is 13.7. The average Bonchev–Trinajstić information content (AvgIpc) is 2.38. The summed E-state index contributed by atoms with van der Waals surface area (Å²) in [6.45, 7) is 11.7. The minimum Gasteiger partial charge on any atom is -0.390 e. The van der Waals surface area contributed by atoms with Crippen LogP contribution < -0.4 is 16.2 Å². The number of nitrogens with two attached hydrogens (primary N) is 1. The van der Waals surface area contributed by atoms with Gasteiger partial charge in [0.05, 0.1) is 5.60 Å². The fourth-order valence-corrected chi connectivity index (χ4v) is 2.49. The van der Waals surface area contributed by atoms with Crippen LogP contribution in [0.15, 0.2) is 0 Å². The van der Waals surface area contributed by atoms with E-state index in [1.807, 2.05) is 13.8 Å². The highest BCUT2D eigenvalue weighted by molar-refractivity contribution is 5.58. The van der Waals surface area contributed by atoms with Gasteiger partial charge in [0.15, 0.2) is 0 Å². The molecule has 1 fully saturated rings. The summed E-state index contributed by atoms with van der Waals surface area (Å²) in [6.07, 6.45) is 1.49. The Morgan fingerprint density at radius 3 is 2.29 bits per heavy atom. The van der Waals surface area contributed by atoms with Gasteiger partial charge in [0.1, 0.15) is 17.5 Å². The third-order valence-electron chi connectivity index (χ3n) is 4.07. The molecule has 118 valence electrons. The van der Waals surface area contributed by atoms with Crippen LogP contribution in [-0.4, -0.2) is 33.8 Å². The molecule has 1 saturated heterocycles. The average molecular weight is 293 g/mol. The van der Waals surface area contributed by atoms with Crippen LogP contribution in [0, 0.1) is 6.92 Å². The molecule has 4 N–H and O–H groups in total. The van der Waals surface area contributed by atoms with Gasteiger partial charge in [0, 0.05) is 24.1 Å². The number of piperidine rings is 1. The smallest absolute Gasteiger partial charge is 0.148 e. The second-order valence-electron chi connectivity index (χ2n) is 7.22. The summed E-state index contributed by atoms with van der Waals surface area (Å²) in [6, 6.07) is 0. The van der Waals surface area contributed by atoms with Gasteiger partial charge in [-0.15, -0.1) is 0 Å². The van der Waals surface area contributed by atoms with Crippen LogP contribution in [0.3, 0.4) is 0 Å². The molecule has 0 bridgehead atoms. The largest absolute Gasteiger partial charge is 0.390 e. The van der Waals surface area contributed by atoms with E-state index in [1.54, 1.807) is 0 Å². The molecule has 0 amide bonds. The molecule has 2 heterocycles. The molecule has 1 aromatic rings. The summed E-state index contributed by atoms with van der Waals surface area (Å²) >= 11 is 0. The Kier molecular flexibility index (Phi) is 4.13. The van der Waals surface area contributed by atoms with Crippen molar-refractivity contribution in [2.45, 2.75) is 58.5 Å². The predicted molar refractivity (Wildman–Crippen MR) is 85.3 cm³/mol. The van der Waals surface area contributed by atoms with Crippen LogP contribution in [0.2, 0.25) is 0 Å². The lowest BCUT2D eigenvalue weighted by Gasteiger charge is -2.37. The van der Waals surface area contributed by atoms with Crippen LogP contribution in [-0.2, 0) is 5.41 Å². The molecule has 0 unspecified atom stereocenters. The zero-order valence-corrected chi connectivity index (χ0v) is 13.7. The predicted octanol–water partition coefficient (Wildman–Crippen LogP) is 1.72. The van der Waals surface area contributed by atoms with Gasteiger partial charge in [-0.25, -0.2) is 15.8 Å². The number of anilines is 2. The van der Waals surface area contributed by atoms with E-state index in [-0.39, 0.29) is 5.41 Å². The number of nitrogen functional groups attached to an aromatic ring is 1. The van der Waals surface area contributed by atoms with E-state index in [4.69, 9.17) is 10.8 Å². The Balaban J connectivity index is 2.39. The fraction of sp³-hybridized carbons (Fsp3) is 0.733. The fourth-order valence-electron chi connectivity index (χ4n) is 2.49. The van der Waals surface area contributed by atoms with E-state index in [9.17, 15) is 5.11 Å². The van der Waals surface area contributed by atoms with Crippen molar-refractivity contribution in [3.8, 4) is 0 Å². The molecule has 0 aliphatic carbocycles. The number of aliphatic hydroxyl groups is 1. The highest BCUT2D eigenvalue weighted by Gasteiger charge is 2.30. The Bertz CT molecular complexity index is 512. The lowest BCUT2D eigenvalue weighted by atomic mass is 9.93. The first-order valence-corrected chi connectivity index (χ1v) is 7.47. The molecule has 6 nitrogen and oxygen atoms in total. The number of hydrogen-bond acceptors (Lipinski definition) is 6. The van der Waals surface area contributed by atoms with E-state index in [0.29, 0.717) is 5.82 Å². The third kappa shape index (κ3) is 3.44. The molecule has 21 heavy (non-hydrogen) atoms. The Labute approximate surface area is 126 Å². The minimum atomic E-state index is -0.570. The van der Waals surface area contributed by atoms with Gasteiger partial charge < -0.3 is 15.4 Å². The SMILES string of the molecule is Cc1c(NN)nc(C(C)(C)C)nc1N1CCC(C)(O)CC1. The Morgan fingerprint density at radius 2 is 1.81 bits per heavy atom. The summed E-state index contributed by atoms with van der Waals surface area (Å²) in [7, 11) is 0. The first-order chi connectivity index (χ1) is 9.64. The van der Waals surface area contributed by atoms with Crippen molar-refractivity contribution < 1.29 is 5.11 Å². The lowest BCUT2D eigenvalue weighted by Crippen LogP contribution is -2.43. The molecule has 0 aromatic carbocycles. The van der Waals surface area contributed by atoms with Crippen LogP contribution in [0.4, 0.5) is 11.6 Å². The molecule has 6 heteroatoms. The van der Waals surface area contributed by atoms with Crippen molar-refractivity contribution in [2.75, 3.05) is 23.4 Å². The number of nitrogens with one attached hydrogen (secondary N) is 1. The van der Waals surface area contributed by atoms with E-state index >= 15 is 0 Å². The van der Waals surface area contributed by atoms with E-state index in [1.165, 1.54) is 0 Å². The second-order valence-corrected chi connectivity index (χ2v) is 7.22. The third-order valence-corrected chi connectivity index (χ3v) is 4.07. The first-order valence-electron chi connectivity index (χ1n) is 7.47. The molecule has 0 radical (unpaired) electrons. The van der Waals surface area contributed by atoms with Gasteiger partial charge in [-0.1, -0.05) is 20.8 Å². The summed E-state index contributed by atoms with van der Waals surface area (Å²) < 4.78 is 0. The van der Waals surface area contributed by atoms with E-state index in [0.717, 1.165) is 43.1 Å². The summed E-state index contributed by atoms with van der Waals surface area (Å²) in [5.74, 6) is 7.96. The van der Waals surface area contributed by atoms with Crippen molar-refractivity contribution in [3.63, 3.8) is 0 Å². The molecule has 1 aliphatic rings. The van der Waals surface area contributed by atoms with Gasteiger partial charge in [0.25, 0.3) is 0 Å². The van der Waals surface area contributed by atoms with Crippen molar-refractivity contribution >= 4 is 11.6 Å². The summed E-state index contributed by atoms with van der Waals surface area (Å²) in [5, 5.41) is 10.1. The molecule has 1 aromatic heterocycles. The van der Waals surface area contributed by atoms with Crippen LogP contribution in [0.25, 0.3) is 0 Å². The number of hydrazine groups is 1. The van der Waals surface area contributed by atoms with Crippen molar-refractivity contribution in [3.05, 3.63) is 11.4 Å². The van der Waals surface area contributed by atoms with Crippen molar-refractivity contribution in [1.82, 2.24) is 9.97 Å². The molecule has 0 spiro atoms. The number of nitrogens with zero attached hydrogens (tertiary/aromatic N) is 3. The number of hydrogen-bond donors (Lipinski definition) is 3. The summed E-state index contributed by atoms with van der Waals surface area (Å²) in [5.41, 5.74) is 2.91. The Morgan fingerprint density at radius 1 is 1.24 bits per heavy atom. The standard InChI is InChI=1S/C15H27N5O/c1-10-11(19-16)17-13(14(2,3)4)18-12(10)20-8-6-15(5,21)7-9-20/h21H,6-9,16H2,1-5H3,(H,17,18,19). The Hall–Kier alpha value is -1.40. The van der Waals surface area contributed by atoms with Crippen molar-refractivity contribution in [2.24, 2.45) is 5.84 Å². The molecular formula is C15H27N5O. The van der Waals surface area contributed by atoms with Crippen molar-refractivity contribution in [1.29, 1.82) is 0 Å². The molecule has 0 atom stereocenters. The highest BCUT2D eigenvalue weighted by atomic mass is 16.3. The normalized spacial score (nSPS) is 18.7.